The first-order valence-electron chi connectivity index (χ1n) is 9.65. The van der Waals surface area contributed by atoms with Gasteiger partial charge in [0.05, 0.1) is 11.9 Å². The van der Waals surface area contributed by atoms with Crippen molar-refractivity contribution in [1.82, 2.24) is 19.7 Å². The molecule has 0 unspecified atom stereocenters. The second kappa shape index (κ2) is 9.05. The molecule has 0 fully saturated rings. The summed E-state index contributed by atoms with van der Waals surface area (Å²) >= 11 is 0. The van der Waals surface area contributed by atoms with E-state index in [0.29, 0.717) is 24.5 Å². The van der Waals surface area contributed by atoms with E-state index < -0.39 is 0 Å². The van der Waals surface area contributed by atoms with E-state index in [-0.39, 0.29) is 5.91 Å². The normalized spacial score (nSPS) is 10.6. The van der Waals surface area contributed by atoms with Crippen LogP contribution in [-0.4, -0.2) is 32.6 Å². The average Bonchev–Trinajstić information content (AvgIpc) is 3.27. The first kappa shape index (κ1) is 19.4. The summed E-state index contributed by atoms with van der Waals surface area (Å²) in [5.41, 5.74) is 3.56. The molecule has 0 atom stereocenters. The number of nitrogens with zero attached hydrogens (tertiary/aromatic N) is 4. The smallest absolute Gasteiger partial charge is 0.253 e. The van der Waals surface area contributed by atoms with Gasteiger partial charge in [0.15, 0.2) is 0 Å². The fourth-order valence-electron chi connectivity index (χ4n) is 3.07. The molecule has 0 radical (unpaired) electrons. The Morgan fingerprint density at radius 3 is 2.50 bits per heavy atom. The highest BCUT2D eigenvalue weighted by Crippen LogP contribution is 2.16. The molecule has 2 heterocycles. The number of benzene rings is 2. The molecule has 6 heteroatoms. The molecule has 0 saturated carbocycles. The van der Waals surface area contributed by atoms with Gasteiger partial charge in [-0.15, -0.1) is 0 Å². The number of amides is 1. The van der Waals surface area contributed by atoms with Gasteiger partial charge in [0.2, 0.25) is 0 Å². The third-order valence-corrected chi connectivity index (χ3v) is 4.65. The van der Waals surface area contributed by atoms with Crippen LogP contribution in [0.1, 0.15) is 21.5 Å². The highest BCUT2D eigenvalue weighted by atomic mass is 16.5. The number of aromatic nitrogens is 3. The molecule has 4 rings (SSSR count). The summed E-state index contributed by atoms with van der Waals surface area (Å²) in [6.45, 7) is 0.914. The van der Waals surface area contributed by atoms with Gasteiger partial charge in [-0.2, -0.15) is 5.10 Å². The van der Waals surface area contributed by atoms with Crippen LogP contribution in [0.15, 0.2) is 91.5 Å². The Hall–Kier alpha value is -3.93. The lowest BCUT2D eigenvalue weighted by Gasteiger charge is -2.16. The summed E-state index contributed by atoms with van der Waals surface area (Å²) in [4.78, 5) is 18.5. The van der Waals surface area contributed by atoms with E-state index >= 15 is 0 Å². The standard InChI is InChI=1S/C24H22N4O2/c1-27(16-20-15-26-28(17-20)22-7-3-2-4-8-22)24(29)21-9-11-23(12-10-21)30-18-19-6-5-13-25-14-19/h2-15,17H,16,18H2,1H3. The van der Waals surface area contributed by atoms with Crippen molar-refractivity contribution in [3.63, 3.8) is 0 Å². The summed E-state index contributed by atoms with van der Waals surface area (Å²) in [6.07, 6.45) is 7.22. The minimum atomic E-state index is -0.0544. The van der Waals surface area contributed by atoms with Gasteiger partial charge in [-0.05, 0) is 42.5 Å². The molecule has 4 aromatic rings. The Labute approximate surface area is 175 Å². The van der Waals surface area contributed by atoms with Crippen LogP contribution >= 0.6 is 0 Å². The molecule has 0 aliphatic rings. The van der Waals surface area contributed by atoms with Crippen LogP contribution in [0.4, 0.5) is 0 Å². The van der Waals surface area contributed by atoms with E-state index in [1.807, 2.05) is 65.5 Å². The van der Waals surface area contributed by atoms with E-state index in [4.69, 9.17) is 4.74 Å². The monoisotopic (exact) mass is 398 g/mol. The Balaban J connectivity index is 1.35. The predicted molar refractivity (Wildman–Crippen MR) is 114 cm³/mol. The van der Waals surface area contributed by atoms with Crippen LogP contribution < -0.4 is 4.74 Å². The van der Waals surface area contributed by atoms with Crippen LogP contribution in [0, 0.1) is 0 Å². The van der Waals surface area contributed by atoms with Crippen LogP contribution in [0.5, 0.6) is 5.75 Å². The number of carbonyl (C=O) groups excluding carboxylic acids is 1. The van der Waals surface area contributed by atoms with E-state index in [2.05, 4.69) is 10.1 Å². The molecule has 6 nitrogen and oxygen atoms in total. The lowest BCUT2D eigenvalue weighted by Crippen LogP contribution is -2.25. The minimum absolute atomic E-state index is 0.0544. The number of rotatable bonds is 7. The van der Waals surface area contributed by atoms with Crippen molar-refractivity contribution in [2.45, 2.75) is 13.2 Å². The molecular weight excluding hydrogens is 376 g/mol. The van der Waals surface area contributed by atoms with Gasteiger partial charge in [0.1, 0.15) is 12.4 Å². The number of hydrogen-bond acceptors (Lipinski definition) is 4. The molecule has 2 aromatic heterocycles. The Kier molecular flexibility index (Phi) is 5.85. The van der Waals surface area contributed by atoms with Crippen molar-refractivity contribution in [2.75, 3.05) is 7.05 Å². The van der Waals surface area contributed by atoms with Gasteiger partial charge in [-0.25, -0.2) is 4.68 Å². The largest absolute Gasteiger partial charge is 0.489 e. The zero-order chi connectivity index (χ0) is 20.8. The number of pyridine rings is 1. The summed E-state index contributed by atoms with van der Waals surface area (Å²) in [5, 5.41) is 4.39. The van der Waals surface area contributed by atoms with Gasteiger partial charge in [0, 0.05) is 48.9 Å². The quantitative estimate of drug-likeness (QED) is 0.470. The van der Waals surface area contributed by atoms with Crippen LogP contribution in [0.25, 0.3) is 5.69 Å². The molecular formula is C24H22N4O2. The van der Waals surface area contributed by atoms with Gasteiger partial charge >= 0.3 is 0 Å². The predicted octanol–water partition coefficient (Wildman–Crippen LogP) is 4.12. The van der Waals surface area contributed by atoms with Crippen molar-refractivity contribution in [3.05, 3.63) is 108 Å². The Morgan fingerprint density at radius 1 is 0.967 bits per heavy atom. The molecule has 0 N–H and O–H groups in total. The Bertz CT molecular complexity index is 1090. The first-order valence-corrected chi connectivity index (χ1v) is 9.65. The average molecular weight is 398 g/mol. The maximum atomic E-state index is 12.8. The highest BCUT2D eigenvalue weighted by molar-refractivity contribution is 5.94. The second-order valence-corrected chi connectivity index (χ2v) is 6.96. The van der Waals surface area contributed by atoms with Gasteiger partial charge in [0.25, 0.3) is 5.91 Å². The van der Waals surface area contributed by atoms with E-state index in [0.717, 1.165) is 16.8 Å². The zero-order valence-corrected chi connectivity index (χ0v) is 16.7. The van der Waals surface area contributed by atoms with Crippen molar-refractivity contribution in [2.24, 2.45) is 0 Å². The summed E-state index contributed by atoms with van der Waals surface area (Å²) in [7, 11) is 1.79. The van der Waals surface area contributed by atoms with Crippen molar-refractivity contribution >= 4 is 5.91 Å². The molecule has 0 aliphatic heterocycles. The molecule has 1 amide bonds. The van der Waals surface area contributed by atoms with Crippen LogP contribution in [-0.2, 0) is 13.2 Å². The number of ether oxygens (including phenoxy) is 1. The van der Waals surface area contributed by atoms with Gasteiger partial charge in [-0.1, -0.05) is 24.3 Å². The fraction of sp³-hybridized carbons (Fsp3) is 0.125. The molecule has 2 aromatic carbocycles. The molecule has 0 saturated heterocycles. The molecule has 0 spiro atoms. The maximum Gasteiger partial charge on any atom is 0.253 e. The highest BCUT2D eigenvalue weighted by Gasteiger charge is 2.13. The van der Waals surface area contributed by atoms with E-state index in [1.54, 1.807) is 42.7 Å². The van der Waals surface area contributed by atoms with Crippen LogP contribution in [0.3, 0.4) is 0 Å². The van der Waals surface area contributed by atoms with E-state index in [1.165, 1.54) is 0 Å². The fourth-order valence-corrected chi connectivity index (χ4v) is 3.07. The van der Waals surface area contributed by atoms with Crippen LogP contribution in [0.2, 0.25) is 0 Å². The van der Waals surface area contributed by atoms with Crippen molar-refractivity contribution < 1.29 is 9.53 Å². The van der Waals surface area contributed by atoms with Crippen molar-refractivity contribution in [1.29, 1.82) is 0 Å². The topological polar surface area (TPSA) is 60.2 Å². The minimum Gasteiger partial charge on any atom is -0.489 e. The third kappa shape index (κ3) is 4.72. The molecule has 0 aliphatic carbocycles. The Morgan fingerprint density at radius 2 is 1.77 bits per heavy atom. The summed E-state index contributed by atoms with van der Waals surface area (Å²) in [5.74, 6) is 0.656. The lowest BCUT2D eigenvalue weighted by atomic mass is 10.2. The lowest BCUT2D eigenvalue weighted by molar-refractivity contribution is 0.0785. The maximum absolute atomic E-state index is 12.8. The SMILES string of the molecule is CN(Cc1cnn(-c2ccccc2)c1)C(=O)c1ccc(OCc2cccnc2)cc1. The molecule has 30 heavy (non-hydrogen) atoms. The van der Waals surface area contributed by atoms with Crippen molar-refractivity contribution in [3.8, 4) is 11.4 Å². The number of hydrogen-bond donors (Lipinski definition) is 0. The molecule has 0 bridgehead atoms. The summed E-state index contributed by atoms with van der Waals surface area (Å²) < 4.78 is 7.56. The third-order valence-electron chi connectivity index (χ3n) is 4.65. The second-order valence-electron chi connectivity index (χ2n) is 6.96. The van der Waals surface area contributed by atoms with Gasteiger partial charge in [-0.3, -0.25) is 9.78 Å². The van der Waals surface area contributed by atoms with E-state index in [9.17, 15) is 4.79 Å². The number of carbonyl (C=O) groups is 1. The number of para-hydroxylation sites is 1. The first-order chi connectivity index (χ1) is 14.7. The summed E-state index contributed by atoms with van der Waals surface area (Å²) in [6, 6.07) is 20.9. The van der Waals surface area contributed by atoms with Gasteiger partial charge < -0.3 is 9.64 Å². The molecule has 150 valence electrons. The zero-order valence-electron chi connectivity index (χ0n) is 16.7.